The van der Waals surface area contributed by atoms with E-state index in [1.807, 2.05) is 13.8 Å². The van der Waals surface area contributed by atoms with Gasteiger partial charge in [0.25, 0.3) is 0 Å². The van der Waals surface area contributed by atoms with Crippen LogP contribution in [0.4, 0.5) is 0 Å². The maximum absolute atomic E-state index is 9.87. The molecular weight excluding hydrogens is 216 g/mol. The van der Waals surface area contributed by atoms with Gasteiger partial charge in [-0.25, -0.2) is 0 Å². The highest BCUT2D eigenvalue weighted by Crippen LogP contribution is 2.14. The van der Waals surface area contributed by atoms with Crippen molar-refractivity contribution >= 4 is 0 Å². The lowest BCUT2D eigenvalue weighted by molar-refractivity contribution is -0.0115. The molecule has 4 nitrogen and oxygen atoms in total. The van der Waals surface area contributed by atoms with Crippen molar-refractivity contribution in [1.82, 2.24) is 4.90 Å². The molecule has 0 heterocycles. The lowest BCUT2D eigenvalue weighted by Gasteiger charge is -2.32. The summed E-state index contributed by atoms with van der Waals surface area (Å²) >= 11 is 0. The van der Waals surface area contributed by atoms with Crippen molar-refractivity contribution in [2.45, 2.75) is 46.8 Å². The highest BCUT2D eigenvalue weighted by molar-refractivity contribution is 4.75. The first-order valence-electron chi connectivity index (χ1n) is 6.52. The number of hydrogen-bond donors (Lipinski definition) is 2. The summed E-state index contributed by atoms with van der Waals surface area (Å²) < 4.78 is 5.40. The molecule has 3 N–H and O–H groups in total. The van der Waals surface area contributed by atoms with Gasteiger partial charge in [-0.2, -0.15) is 0 Å². The van der Waals surface area contributed by atoms with Gasteiger partial charge in [-0.05, 0) is 32.4 Å². The van der Waals surface area contributed by atoms with Crippen molar-refractivity contribution in [2.24, 2.45) is 11.1 Å². The molecule has 0 aliphatic carbocycles. The second-order valence-electron chi connectivity index (χ2n) is 5.73. The van der Waals surface area contributed by atoms with Gasteiger partial charge in [-0.15, -0.1) is 0 Å². The van der Waals surface area contributed by atoms with E-state index in [0.717, 1.165) is 13.1 Å². The molecule has 0 spiro atoms. The van der Waals surface area contributed by atoms with Gasteiger partial charge in [-0.1, -0.05) is 20.8 Å². The Morgan fingerprint density at radius 2 is 1.94 bits per heavy atom. The molecule has 0 aromatic carbocycles. The summed E-state index contributed by atoms with van der Waals surface area (Å²) in [5.41, 5.74) is 5.82. The van der Waals surface area contributed by atoms with Crippen LogP contribution in [-0.4, -0.2) is 55.0 Å². The van der Waals surface area contributed by atoms with Crippen LogP contribution in [0.5, 0.6) is 0 Å². The largest absolute Gasteiger partial charge is 0.389 e. The van der Waals surface area contributed by atoms with Crippen LogP contribution in [0.15, 0.2) is 0 Å². The summed E-state index contributed by atoms with van der Waals surface area (Å²) in [7, 11) is 0. The maximum Gasteiger partial charge on any atom is 0.0900 e. The molecule has 0 aromatic rings. The fourth-order valence-corrected chi connectivity index (χ4v) is 1.63. The summed E-state index contributed by atoms with van der Waals surface area (Å²) in [6.07, 6.45) is -0.258. The van der Waals surface area contributed by atoms with E-state index in [4.69, 9.17) is 10.5 Å². The van der Waals surface area contributed by atoms with E-state index in [-0.39, 0.29) is 11.5 Å². The van der Waals surface area contributed by atoms with E-state index < -0.39 is 6.10 Å². The number of hydrogen-bond acceptors (Lipinski definition) is 4. The summed E-state index contributed by atoms with van der Waals surface area (Å²) in [6, 6.07) is 0. The van der Waals surface area contributed by atoms with E-state index in [1.54, 1.807) is 0 Å². The topological polar surface area (TPSA) is 58.7 Å². The quantitative estimate of drug-likeness (QED) is 0.639. The first-order chi connectivity index (χ1) is 7.80. The van der Waals surface area contributed by atoms with Crippen LogP contribution < -0.4 is 5.73 Å². The van der Waals surface area contributed by atoms with Gasteiger partial charge in [0.1, 0.15) is 0 Å². The summed E-state index contributed by atoms with van der Waals surface area (Å²) in [4.78, 5) is 2.22. The third-order valence-corrected chi connectivity index (χ3v) is 2.74. The second-order valence-corrected chi connectivity index (χ2v) is 5.73. The first kappa shape index (κ1) is 16.8. The predicted molar refractivity (Wildman–Crippen MR) is 72.0 cm³/mol. The highest BCUT2D eigenvalue weighted by atomic mass is 16.5. The van der Waals surface area contributed by atoms with E-state index >= 15 is 0 Å². The van der Waals surface area contributed by atoms with Gasteiger partial charge in [0, 0.05) is 13.1 Å². The Morgan fingerprint density at radius 1 is 1.35 bits per heavy atom. The van der Waals surface area contributed by atoms with Gasteiger partial charge >= 0.3 is 0 Å². The van der Waals surface area contributed by atoms with Crippen molar-refractivity contribution in [2.75, 3.05) is 32.8 Å². The van der Waals surface area contributed by atoms with Gasteiger partial charge in [0.2, 0.25) is 0 Å². The molecule has 1 atom stereocenters. The van der Waals surface area contributed by atoms with E-state index in [1.165, 1.54) is 0 Å². The van der Waals surface area contributed by atoms with Crippen molar-refractivity contribution in [1.29, 1.82) is 0 Å². The Hall–Kier alpha value is -0.160. The van der Waals surface area contributed by atoms with Crippen LogP contribution in [0.25, 0.3) is 0 Å². The minimum atomic E-state index is -0.425. The Morgan fingerprint density at radius 3 is 2.35 bits per heavy atom. The first-order valence-corrected chi connectivity index (χ1v) is 6.52. The molecule has 104 valence electrons. The third kappa shape index (κ3) is 8.55. The molecule has 0 amide bonds. The SMILES string of the molecule is CCN(CC(O)COC(C)C)CC(C)(C)CN. The van der Waals surface area contributed by atoms with Gasteiger partial charge in [0.05, 0.1) is 18.8 Å². The van der Waals surface area contributed by atoms with Gasteiger partial charge < -0.3 is 20.5 Å². The van der Waals surface area contributed by atoms with E-state index in [0.29, 0.717) is 19.7 Å². The molecule has 0 rings (SSSR count). The molecule has 0 aromatic heterocycles. The van der Waals surface area contributed by atoms with Crippen LogP contribution in [-0.2, 0) is 4.74 Å². The molecule has 0 aliphatic heterocycles. The molecule has 0 aliphatic rings. The highest BCUT2D eigenvalue weighted by Gasteiger charge is 2.21. The lowest BCUT2D eigenvalue weighted by Crippen LogP contribution is -2.43. The zero-order chi connectivity index (χ0) is 13.5. The normalized spacial score (nSPS) is 14.6. The fourth-order valence-electron chi connectivity index (χ4n) is 1.63. The molecule has 0 saturated heterocycles. The molecule has 0 radical (unpaired) electrons. The maximum atomic E-state index is 9.87. The average Bonchev–Trinajstić information content (AvgIpc) is 2.25. The number of ether oxygens (including phenoxy) is 1. The van der Waals surface area contributed by atoms with Crippen LogP contribution in [0.1, 0.15) is 34.6 Å². The minimum absolute atomic E-state index is 0.0919. The van der Waals surface area contributed by atoms with Crippen molar-refractivity contribution < 1.29 is 9.84 Å². The smallest absolute Gasteiger partial charge is 0.0900 e. The lowest BCUT2D eigenvalue weighted by atomic mass is 9.93. The number of aliphatic hydroxyl groups excluding tert-OH is 1. The van der Waals surface area contributed by atoms with Crippen LogP contribution in [0, 0.1) is 5.41 Å². The van der Waals surface area contributed by atoms with Crippen LogP contribution >= 0.6 is 0 Å². The molecule has 0 bridgehead atoms. The monoisotopic (exact) mass is 246 g/mol. The summed E-state index contributed by atoms with van der Waals surface area (Å²) in [5, 5.41) is 9.87. The standard InChI is InChI=1S/C13H30N2O2/c1-6-15(10-13(4,5)9-14)7-12(16)8-17-11(2)3/h11-12,16H,6-10,14H2,1-5H3. The number of likely N-dealkylation sites (N-methyl/N-ethyl adjacent to an activating group) is 1. The van der Waals surface area contributed by atoms with Crippen LogP contribution in [0.3, 0.4) is 0 Å². The number of nitrogens with two attached hydrogens (primary N) is 1. The zero-order valence-corrected chi connectivity index (χ0v) is 12.1. The molecule has 17 heavy (non-hydrogen) atoms. The molecule has 0 fully saturated rings. The molecule has 4 heteroatoms. The van der Waals surface area contributed by atoms with Gasteiger partial charge in [0.15, 0.2) is 0 Å². The Labute approximate surface area is 106 Å². The Kier molecular flexibility index (Phi) is 7.96. The predicted octanol–water partition coefficient (Wildman–Crippen LogP) is 1.08. The number of aliphatic hydroxyl groups is 1. The summed E-state index contributed by atoms with van der Waals surface area (Å²) in [5.74, 6) is 0. The molecule has 1 unspecified atom stereocenters. The average molecular weight is 246 g/mol. The van der Waals surface area contributed by atoms with E-state index in [9.17, 15) is 5.11 Å². The van der Waals surface area contributed by atoms with Crippen molar-refractivity contribution in [3.8, 4) is 0 Å². The van der Waals surface area contributed by atoms with Crippen LogP contribution in [0.2, 0.25) is 0 Å². The minimum Gasteiger partial charge on any atom is -0.389 e. The van der Waals surface area contributed by atoms with Crippen molar-refractivity contribution in [3.05, 3.63) is 0 Å². The molecule has 0 saturated carbocycles. The number of nitrogens with zero attached hydrogens (tertiary/aromatic N) is 1. The third-order valence-electron chi connectivity index (χ3n) is 2.74. The Balaban J connectivity index is 4.03. The summed E-state index contributed by atoms with van der Waals surface area (Å²) in [6.45, 7) is 13.9. The fraction of sp³-hybridized carbons (Fsp3) is 1.00. The molecular formula is C13H30N2O2. The van der Waals surface area contributed by atoms with E-state index in [2.05, 4.69) is 25.7 Å². The Bertz CT molecular complexity index is 196. The number of rotatable bonds is 9. The zero-order valence-electron chi connectivity index (χ0n) is 12.1. The second kappa shape index (κ2) is 8.03. The van der Waals surface area contributed by atoms with Gasteiger partial charge in [-0.3, -0.25) is 0 Å². The van der Waals surface area contributed by atoms with Crippen molar-refractivity contribution in [3.63, 3.8) is 0 Å².